The van der Waals surface area contributed by atoms with Gasteiger partial charge < -0.3 is 9.64 Å². The van der Waals surface area contributed by atoms with Crippen molar-refractivity contribution in [3.05, 3.63) is 53.0 Å². The topological polar surface area (TPSA) is 38.2 Å². The van der Waals surface area contributed by atoms with Crippen molar-refractivity contribution in [1.29, 1.82) is 0 Å². The van der Waals surface area contributed by atoms with E-state index in [0.29, 0.717) is 12.6 Å². The molecule has 2 heterocycles. The lowest BCUT2D eigenvalue weighted by molar-refractivity contribution is 0.181. The van der Waals surface area contributed by atoms with Gasteiger partial charge >= 0.3 is 0 Å². The van der Waals surface area contributed by atoms with E-state index >= 15 is 0 Å². The van der Waals surface area contributed by atoms with Crippen molar-refractivity contribution in [3.63, 3.8) is 0 Å². The summed E-state index contributed by atoms with van der Waals surface area (Å²) in [5.74, 6) is 1.91. The lowest BCUT2D eigenvalue weighted by atomic mass is 9.95. The predicted octanol–water partition coefficient (Wildman–Crippen LogP) is 4.57. The SMILES string of the molecule is COCc1cc(N2CCCC2c2ccccc2C)nc(C(C)(C)C)n1. The molecule has 1 aromatic carbocycles. The van der Waals surface area contributed by atoms with Gasteiger partial charge in [-0.25, -0.2) is 9.97 Å². The second kappa shape index (κ2) is 7.12. The molecule has 0 radical (unpaired) electrons. The highest BCUT2D eigenvalue weighted by atomic mass is 16.5. The molecule has 4 nitrogen and oxygen atoms in total. The molecule has 0 saturated carbocycles. The van der Waals surface area contributed by atoms with E-state index < -0.39 is 0 Å². The Kier molecular flexibility index (Phi) is 5.09. The Morgan fingerprint density at radius 1 is 1.20 bits per heavy atom. The Bertz CT molecular complexity index is 736. The van der Waals surface area contributed by atoms with Crippen LogP contribution in [0.15, 0.2) is 30.3 Å². The average Bonchev–Trinajstić information content (AvgIpc) is 3.04. The molecular weight excluding hydrogens is 310 g/mol. The molecule has 0 bridgehead atoms. The minimum absolute atomic E-state index is 0.0869. The summed E-state index contributed by atoms with van der Waals surface area (Å²) in [5, 5.41) is 0. The second-order valence-electron chi connectivity index (χ2n) is 7.93. The van der Waals surface area contributed by atoms with E-state index in [1.807, 2.05) is 0 Å². The van der Waals surface area contributed by atoms with Gasteiger partial charge in [0.05, 0.1) is 18.3 Å². The molecule has 0 spiro atoms. The van der Waals surface area contributed by atoms with Crippen molar-refractivity contribution in [2.24, 2.45) is 0 Å². The van der Waals surface area contributed by atoms with Crippen LogP contribution in [0.1, 0.15) is 62.3 Å². The van der Waals surface area contributed by atoms with E-state index in [1.54, 1.807) is 7.11 Å². The normalized spacial score (nSPS) is 18.0. The van der Waals surface area contributed by atoms with Gasteiger partial charge in [0, 0.05) is 25.1 Å². The van der Waals surface area contributed by atoms with Crippen LogP contribution < -0.4 is 4.90 Å². The minimum Gasteiger partial charge on any atom is -0.378 e. The van der Waals surface area contributed by atoms with Gasteiger partial charge in [-0.1, -0.05) is 45.0 Å². The average molecular weight is 339 g/mol. The monoisotopic (exact) mass is 339 g/mol. The molecule has 1 aliphatic rings. The zero-order chi connectivity index (χ0) is 18.0. The molecule has 0 N–H and O–H groups in total. The standard InChI is InChI=1S/C21H29N3O/c1-15-9-6-7-10-17(15)18-11-8-12-24(18)19-13-16(14-25-5)22-20(23-19)21(2,3)4/h6-7,9-10,13,18H,8,11-12,14H2,1-5H3. The highest BCUT2D eigenvalue weighted by Crippen LogP contribution is 2.37. The molecule has 2 aromatic rings. The van der Waals surface area contributed by atoms with Gasteiger partial charge in [-0.15, -0.1) is 0 Å². The molecule has 1 aromatic heterocycles. The number of rotatable bonds is 4. The molecule has 4 heteroatoms. The highest BCUT2D eigenvalue weighted by molar-refractivity contribution is 5.47. The van der Waals surface area contributed by atoms with Gasteiger partial charge in [0.15, 0.2) is 0 Å². The van der Waals surface area contributed by atoms with Gasteiger partial charge in [-0.2, -0.15) is 0 Å². The molecule has 1 aliphatic heterocycles. The van der Waals surface area contributed by atoms with E-state index in [4.69, 9.17) is 14.7 Å². The summed E-state index contributed by atoms with van der Waals surface area (Å²) < 4.78 is 5.33. The van der Waals surface area contributed by atoms with Gasteiger partial charge in [0.25, 0.3) is 0 Å². The van der Waals surface area contributed by atoms with Crippen LogP contribution >= 0.6 is 0 Å². The number of hydrogen-bond donors (Lipinski definition) is 0. The lowest BCUT2D eigenvalue weighted by Crippen LogP contribution is -2.27. The number of aryl methyl sites for hydroxylation is 1. The first-order valence-corrected chi connectivity index (χ1v) is 9.09. The summed E-state index contributed by atoms with van der Waals surface area (Å²) in [5.41, 5.74) is 3.62. The first kappa shape index (κ1) is 17.9. The molecule has 1 saturated heterocycles. The quantitative estimate of drug-likeness (QED) is 0.818. The van der Waals surface area contributed by atoms with Crippen molar-refractivity contribution in [2.75, 3.05) is 18.6 Å². The molecule has 25 heavy (non-hydrogen) atoms. The Hall–Kier alpha value is -1.94. The van der Waals surface area contributed by atoms with Crippen LogP contribution in [0.5, 0.6) is 0 Å². The summed E-state index contributed by atoms with van der Waals surface area (Å²) >= 11 is 0. The maximum absolute atomic E-state index is 5.33. The molecule has 1 unspecified atom stereocenters. The van der Waals surface area contributed by atoms with Crippen molar-refractivity contribution in [3.8, 4) is 0 Å². The van der Waals surface area contributed by atoms with E-state index in [0.717, 1.165) is 23.9 Å². The van der Waals surface area contributed by atoms with E-state index in [9.17, 15) is 0 Å². The van der Waals surface area contributed by atoms with Gasteiger partial charge in [-0.3, -0.25) is 0 Å². The van der Waals surface area contributed by atoms with E-state index in [1.165, 1.54) is 24.0 Å². The zero-order valence-corrected chi connectivity index (χ0v) is 16.0. The Balaban J connectivity index is 2.02. The number of ether oxygens (including phenoxy) is 1. The third-order valence-corrected chi connectivity index (χ3v) is 4.82. The number of methoxy groups -OCH3 is 1. The largest absolute Gasteiger partial charge is 0.378 e. The third kappa shape index (κ3) is 3.84. The van der Waals surface area contributed by atoms with Crippen molar-refractivity contribution in [1.82, 2.24) is 9.97 Å². The van der Waals surface area contributed by atoms with Crippen LogP contribution in [-0.4, -0.2) is 23.6 Å². The molecular formula is C21H29N3O. The van der Waals surface area contributed by atoms with E-state index in [2.05, 4.69) is 62.9 Å². The molecule has 3 rings (SSSR count). The lowest BCUT2D eigenvalue weighted by Gasteiger charge is -2.29. The summed E-state index contributed by atoms with van der Waals surface area (Å²) in [7, 11) is 1.71. The van der Waals surface area contributed by atoms with Gasteiger partial charge in [-0.05, 0) is 30.9 Å². The minimum atomic E-state index is -0.0869. The third-order valence-electron chi connectivity index (χ3n) is 4.82. The molecule has 1 fully saturated rings. The predicted molar refractivity (Wildman–Crippen MR) is 102 cm³/mol. The smallest absolute Gasteiger partial charge is 0.136 e. The molecule has 0 amide bonds. The fourth-order valence-electron chi connectivity index (χ4n) is 3.51. The zero-order valence-electron chi connectivity index (χ0n) is 16.0. The molecule has 1 atom stereocenters. The van der Waals surface area contributed by atoms with Crippen LogP contribution in [0.2, 0.25) is 0 Å². The first-order chi connectivity index (χ1) is 11.9. The van der Waals surface area contributed by atoms with Crippen molar-refractivity contribution in [2.45, 2.75) is 58.6 Å². The summed E-state index contributed by atoms with van der Waals surface area (Å²) in [6, 6.07) is 11.2. The van der Waals surface area contributed by atoms with Crippen LogP contribution in [0, 0.1) is 6.92 Å². The number of anilines is 1. The molecule has 134 valence electrons. The number of aromatic nitrogens is 2. The number of nitrogens with zero attached hydrogens (tertiary/aromatic N) is 3. The number of hydrogen-bond acceptors (Lipinski definition) is 4. The maximum Gasteiger partial charge on any atom is 0.136 e. The van der Waals surface area contributed by atoms with Crippen LogP contribution in [0.4, 0.5) is 5.82 Å². The Labute approximate surface area is 151 Å². The van der Waals surface area contributed by atoms with E-state index in [-0.39, 0.29) is 5.41 Å². The first-order valence-electron chi connectivity index (χ1n) is 9.09. The summed E-state index contributed by atoms with van der Waals surface area (Å²) in [4.78, 5) is 12.1. The summed E-state index contributed by atoms with van der Waals surface area (Å²) in [6.07, 6.45) is 2.35. The van der Waals surface area contributed by atoms with Crippen LogP contribution in [-0.2, 0) is 16.8 Å². The van der Waals surface area contributed by atoms with Crippen molar-refractivity contribution >= 4 is 5.82 Å². The Morgan fingerprint density at radius 3 is 2.64 bits per heavy atom. The second-order valence-corrected chi connectivity index (χ2v) is 7.93. The van der Waals surface area contributed by atoms with Crippen LogP contribution in [0.25, 0.3) is 0 Å². The fourth-order valence-corrected chi connectivity index (χ4v) is 3.51. The van der Waals surface area contributed by atoms with Crippen LogP contribution in [0.3, 0.4) is 0 Å². The van der Waals surface area contributed by atoms with Gasteiger partial charge in [0.2, 0.25) is 0 Å². The van der Waals surface area contributed by atoms with Gasteiger partial charge in [0.1, 0.15) is 11.6 Å². The highest BCUT2D eigenvalue weighted by Gasteiger charge is 2.29. The summed E-state index contributed by atoms with van der Waals surface area (Å²) in [6.45, 7) is 10.2. The maximum atomic E-state index is 5.33. The fraction of sp³-hybridized carbons (Fsp3) is 0.524. The van der Waals surface area contributed by atoms with Crippen molar-refractivity contribution < 1.29 is 4.74 Å². The Morgan fingerprint density at radius 2 is 1.96 bits per heavy atom. The molecule has 0 aliphatic carbocycles. The number of benzene rings is 1.